The SMILES string of the molecule is Cc1cc(C)c([N+](=O)[O-])cc1NC(=O)CCCCCl. The minimum atomic E-state index is -0.447. The fourth-order valence-electron chi connectivity index (χ4n) is 1.76. The zero-order valence-electron chi connectivity index (χ0n) is 11.0. The van der Waals surface area contributed by atoms with Crippen molar-refractivity contribution in [2.75, 3.05) is 11.2 Å². The molecule has 0 saturated carbocycles. The highest BCUT2D eigenvalue weighted by atomic mass is 35.5. The van der Waals surface area contributed by atoms with Crippen molar-refractivity contribution >= 4 is 28.9 Å². The maximum atomic E-state index is 11.7. The van der Waals surface area contributed by atoms with Crippen LogP contribution in [0.1, 0.15) is 30.4 Å². The van der Waals surface area contributed by atoms with Crippen molar-refractivity contribution in [3.05, 3.63) is 33.4 Å². The predicted octanol–water partition coefficient (Wildman–Crippen LogP) is 3.56. The van der Waals surface area contributed by atoms with Crippen LogP contribution < -0.4 is 5.32 Å². The van der Waals surface area contributed by atoms with Gasteiger partial charge in [0.05, 0.1) is 10.6 Å². The van der Waals surface area contributed by atoms with Crippen LogP contribution in [0.15, 0.2) is 12.1 Å². The first-order valence-electron chi connectivity index (χ1n) is 6.07. The van der Waals surface area contributed by atoms with Crippen LogP contribution in [0.3, 0.4) is 0 Å². The second-order valence-electron chi connectivity index (χ2n) is 4.40. The quantitative estimate of drug-likeness (QED) is 0.376. The average molecular weight is 285 g/mol. The van der Waals surface area contributed by atoms with Crippen LogP contribution in [-0.2, 0) is 4.79 Å². The normalized spacial score (nSPS) is 10.3. The molecular weight excluding hydrogens is 268 g/mol. The van der Waals surface area contributed by atoms with Gasteiger partial charge in [0.2, 0.25) is 5.91 Å². The van der Waals surface area contributed by atoms with E-state index in [1.165, 1.54) is 6.07 Å². The van der Waals surface area contributed by atoms with E-state index in [-0.39, 0.29) is 11.6 Å². The standard InChI is InChI=1S/C13H17ClN2O3/c1-9-7-10(2)12(16(18)19)8-11(9)15-13(17)5-3-4-6-14/h7-8H,3-6H2,1-2H3,(H,15,17). The van der Waals surface area contributed by atoms with Gasteiger partial charge in [0.15, 0.2) is 0 Å². The van der Waals surface area contributed by atoms with E-state index in [2.05, 4.69) is 5.32 Å². The van der Waals surface area contributed by atoms with Crippen molar-refractivity contribution in [2.45, 2.75) is 33.1 Å². The first kappa shape index (κ1) is 15.4. The van der Waals surface area contributed by atoms with Crippen molar-refractivity contribution in [1.29, 1.82) is 0 Å². The Balaban J connectivity index is 2.80. The van der Waals surface area contributed by atoms with Gasteiger partial charge in [-0.15, -0.1) is 11.6 Å². The Morgan fingerprint density at radius 1 is 1.32 bits per heavy atom. The summed E-state index contributed by atoms with van der Waals surface area (Å²) in [5.41, 5.74) is 1.91. The summed E-state index contributed by atoms with van der Waals surface area (Å²) in [5.74, 6) is 0.383. The van der Waals surface area contributed by atoms with Crippen LogP contribution in [0.5, 0.6) is 0 Å². The first-order chi connectivity index (χ1) is 8.95. The molecule has 5 nitrogen and oxygen atoms in total. The molecule has 0 aromatic heterocycles. The van der Waals surface area contributed by atoms with Gasteiger partial charge in [-0.2, -0.15) is 0 Å². The van der Waals surface area contributed by atoms with E-state index in [1.807, 2.05) is 6.92 Å². The Labute approximate surface area is 117 Å². The van der Waals surface area contributed by atoms with Gasteiger partial charge in [0.1, 0.15) is 0 Å². The molecular formula is C13H17ClN2O3. The lowest BCUT2D eigenvalue weighted by Crippen LogP contribution is -2.12. The molecule has 6 heteroatoms. The highest BCUT2D eigenvalue weighted by molar-refractivity contribution is 6.17. The maximum Gasteiger partial charge on any atom is 0.274 e. The molecule has 0 aliphatic heterocycles. The smallest absolute Gasteiger partial charge is 0.274 e. The molecule has 0 radical (unpaired) electrons. The van der Waals surface area contributed by atoms with Gasteiger partial charge in [-0.3, -0.25) is 14.9 Å². The van der Waals surface area contributed by atoms with Gasteiger partial charge in [-0.25, -0.2) is 0 Å². The molecule has 0 atom stereocenters. The number of hydrogen-bond donors (Lipinski definition) is 1. The molecule has 0 aliphatic carbocycles. The van der Waals surface area contributed by atoms with E-state index < -0.39 is 4.92 Å². The molecule has 1 aromatic rings. The molecule has 0 heterocycles. The van der Waals surface area contributed by atoms with E-state index in [0.29, 0.717) is 30.0 Å². The number of anilines is 1. The largest absolute Gasteiger partial charge is 0.326 e. The number of aryl methyl sites for hydroxylation is 2. The summed E-state index contributed by atoms with van der Waals surface area (Å²) >= 11 is 5.54. The van der Waals surface area contributed by atoms with Crippen LogP contribution >= 0.6 is 11.6 Å². The van der Waals surface area contributed by atoms with E-state index in [4.69, 9.17) is 11.6 Å². The third-order valence-electron chi connectivity index (χ3n) is 2.80. The van der Waals surface area contributed by atoms with Gasteiger partial charge in [-0.1, -0.05) is 0 Å². The number of rotatable bonds is 6. The van der Waals surface area contributed by atoms with Crippen LogP contribution in [0, 0.1) is 24.0 Å². The number of amides is 1. The molecule has 104 valence electrons. The van der Waals surface area contributed by atoms with Gasteiger partial charge < -0.3 is 5.32 Å². The molecule has 19 heavy (non-hydrogen) atoms. The Morgan fingerprint density at radius 2 is 2.00 bits per heavy atom. The van der Waals surface area contributed by atoms with Crippen LogP contribution in [0.4, 0.5) is 11.4 Å². The molecule has 0 fully saturated rings. The second-order valence-corrected chi connectivity index (χ2v) is 4.78. The summed E-state index contributed by atoms with van der Waals surface area (Å²) < 4.78 is 0. The zero-order chi connectivity index (χ0) is 14.4. The Kier molecular flexibility index (Phi) is 5.76. The lowest BCUT2D eigenvalue weighted by molar-refractivity contribution is -0.385. The lowest BCUT2D eigenvalue weighted by Gasteiger charge is -2.09. The fourth-order valence-corrected chi connectivity index (χ4v) is 1.95. The molecule has 1 aromatic carbocycles. The molecule has 0 unspecified atom stereocenters. The molecule has 0 bridgehead atoms. The number of nitro benzene ring substituents is 1. The van der Waals surface area contributed by atoms with E-state index in [9.17, 15) is 14.9 Å². The third-order valence-corrected chi connectivity index (χ3v) is 3.07. The number of nitrogens with zero attached hydrogens (tertiary/aromatic N) is 1. The Hall–Kier alpha value is -1.62. The number of halogens is 1. The highest BCUT2D eigenvalue weighted by Crippen LogP contribution is 2.26. The van der Waals surface area contributed by atoms with Gasteiger partial charge in [0.25, 0.3) is 5.69 Å². The van der Waals surface area contributed by atoms with E-state index in [0.717, 1.165) is 12.0 Å². The Morgan fingerprint density at radius 3 is 2.58 bits per heavy atom. The van der Waals surface area contributed by atoms with Crippen molar-refractivity contribution in [3.63, 3.8) is 0 Å². The summed E-state index contributed by atoms with van der Waals surface area (Å²) in [7, 11) is 0. The number of benzene rings is 1. The number of nitrogens with one attached hydrogen (secondary N) is 1. The summed E-state index contributed by atoms with van der Waals surface area (Å²) in [6.07, 6.45) is 1.86. The maximum absolute atomic E-state index is 11.7. The molecule has 0 saturated heterocycles. The Bertz CT molecular complexity index is 489. The molecule has 1 N–H and O–H groups in total. The molecule has 0 spiro atoms. The third kappa shape index (κ3) is 4.52. The molecule has 1 amide bonds. The van der Waals surface area contributed by atoms with Crippen molar-refractivity contribution in [3.8, 4) is 0 Å². The zero-order valence-corrected chi connectivity index (χ0v) is 11.8. The van der Waals surface area contributed by atoms with Crippen LogP contribution in [-0.4, -0.2) is 16.7 Å². The summed E-state index contributed by atoms with van der Waals surface area (Å²) in [6.45, 7) is 3.49. The summed E-state index contributed by atoms with van der Waals surface area (Å²) in [4.78, 5) is 22.1. The number of alkyl halides is 1. The number of hydrogen-bond acceptors (Lipinski definition) is 3. The lowest BCUT2D eigenvalue weighted by atomic mass is 10.1. The number of unbranched alkanes of at least 4 members (excludes halogenated alkanes) is 1. The van der Waals surface area contributed by atoms with Crippen molar-refractivity contribution < 1.29 is 9.72 Å². The summed E-state index contributed by atoms with van der Waals surface area (Å²) in [6, 6.07) is 3.11. The van der Waals surface area contributed by atoms with Crippen LogP contribution in [0.25, 0.3) is 0 Å². The highest BCUT2D eigenvalue weighted by Gasteiger charge is 2.14. The minimum absolute atomic E-state index is 0.0154. The number of carbonyl (C=O) groups excluding carboxylic acids is 1. The van der Waals surface area contributed by atoms with Gasteiger partial charge in [0, 0.05) is 23.9 Å². The fraction of sp³-hybridized carbons (Fsp3) is 0.462. The monoisotopic (exact) mass is 284 g/mol. The van der Waals surface area contributed by atoms with E-state index in [1.54, 1.807) is 13.0 Å². The van der Waals surface area contributed by atoms with Gasteiger partial charge in [-0.05, 0) is 38.3 Å². The molecule has 0 aliphatic rings. The number of nitro groups is 1. The summed E-state index contributed by atoms with van der Waals surface area (Å²) in [5, 5.41) is 13.6. The topological polar surface area (TPSA) is 72.2 Å². The second kappa shape index (κ2) is 7.09. The van der Waals surface area contributed by atoms with Gasteiger partial charge >= 0.3 is 0 Å². The van der Waals surface area contributed by atoms with E-state index >= 15 is 0 Å². The molecule has 1 rings (SSSR count). The minimum Gasteiger partial charge on any atom is -0.326 e. The predicted molar refractivity (Wildman–Crippen MR) is 75.8 cm³/mol. The van der Waals surface area contributed by atoms with Crippen molar-refractivity contribution in [2.24, 2.45) is 0 Å². The van der Waals surface area contributed by atoms with Crippen LogP contribution in [0.2, 0.25) is 0 Å². The first-order valence-corrected chi connectivity index (χ1v) is 6.60. The van der Waals surface area contributed by atoms with Crippen molar-refractivity contribution in [1.82, 2.24) is 0 Å². The average Bonchev–Trinajstić information content (AvgIpc) is 2.32. The number of carbonyl (C=O) groups is 1.